The second-order valence-electron chi connectivity index (χ2n) is 9.85. The predicted octanol–water partition coefficient (Wildman–Crippen LogP) is 6.67. The number of ether oxygens (including phenoxy) is 2. The van der Waals surface area contributed by atoms with Gasteiger partial charge in [-0.15, -0.1) is 0 Å². The highest BCUT2D eigenvalue weighted by molar-refractivity contribution is 5.70. The van der Waals surface area contributed by atoms with Gasteiger partial charge in [-0.2, -0.15) is 13.2 Å². The summed E-state index contributed by atoms with van der Waals surface area (Å²) in [6, 6.07) is 11.2. The van der Waals surface area contributed by atoms with Gasteiger partial charge in [0.05, 0.1) is 19.1 Å². The van der Waals surface area contributed by atoms with Crippen molar-refractivity contribution in [2.24, 2.45) is 5.92 Å². The zero-order valence-corrected chi connectivity index (χ0v) is 20.5. The van der Waals surface area contributed by atoms with E-state index in [0.29, 0.717) is 31.2 Å². The topological polar surface area (TPSA) is 38.8 Å². The van der Waals surface area contributed by atoms with Crippen molar-refractivity contribution in [1.82, 2.24) is 4.90 Å². The van der Waals surface area contributed by atoms with E-state index in [9.17, 15) is 22.4 Å². The fraction of sp³-hybridized carbons (Fsp3) is 0.536. The maximum Gasteiger partial charge on any atom is 0.416 e. The number of esters is 1. The zero-order chi connectivity index (χ0) is 25.7. The van der Waals surface area contributed by atoms with Crippen LogP contribution in [0, 0.1) is 5.92 Å². The van der Waals surface area contributed by atoms with Crippen LogP contribution in [0.5, 0.6) is 5.75 Å². The lowest BCUT2D eigenvalue weighted by Gasteiger charge is -2.36. The van der Waals surface area contributed by atoms with Crippen LogP contribution in [0.2, 0.25) is 0 Å². The molecule has 2 fully saturated rings. The molecule has 1 unspecified atom stereocenters. The number of carbonyl (C=O) groups excluding carboxylic acids is 1. The largest absolute Gasteiger partial charge is 0.492 e. The molecule has 1 heterocycles. The van der Waals surface area contributed by atoms with Crippen LogP contribution in [0.15, 0.2) is 42.5 Å². The second-order valence-corrected chi connectivity index (χ2v) is 9.85. The number of piperidine rings is 1. The predicted molar refractivity (Wildman–Crippen MR) is 128 cm³/mol. The number of nitrogens with zero attached hydrogens (tertiary/aromatic N) is 1. The lowest BCUT2D eigenvalue weighted by Crippen LogP contribution is -2.42. The molecular weight excluding hydrogens is 474 g/mol. The molecule has 2 atom stereocenters. The summed E-state index contributed by atoms with van der Waals surface area (Å²) in [5.41, 5.74) is 0.673. The summed E-state index contributed by atoms with van der Waals surface area (Å²) in [6.07, 6.45) is 0.712. The third-order valence-electron chi connectivity index (χ3n) is 7.29. The minimum Gasteiger partial charge on any atom is -0.492 e. The molecule has 196 valence electrons. The summed E-state index contributed by atoms with van der Waals surface area (Å²) >= 11 is 0. The first-order valence-corrected chi connectivity index (χ1v) is 12.6. The van der Waals surface area contributed by atoms with E-state index in [4.69, 9.17) is 9.47 Å². The Hall–Kier alpha value is -2.61. The van der Waals surface area contributed by atoms with Crippen molar-refractivity contribution in [3.63, 3.8) is 0 Å². The lowest BCUT2D eigenvalue weighted by molar-refractivity contribution is -0.141. The molecule has 0 N–H and O–H groups in total. The van der Waals surface area contributed by atoms with Crippen LogP contribution >= 0.6 is 0 Å². The van der Waals surface area contributed by atoms with E-state index in [2.05, 4.69) is 0 Å². The van der Waals surface area contributed by atoms with Gasteiger partial charge in [-0.25, -0.2) is 4.39 Å². The number of benzene rings is 2. The van der Waals surface area contributed by atoms with E-state index in [-0.39, 0.29) is 35.6 Å². The first kappa shape index (κ1) is 26.5. The van der Waals surface area contributed by atoms with E-state index in [0.717, 1.165) is 43.7 Å². The van der Waals surface area contributed by atoms with E-state index < -0.39 is 18.4 Å². The number of alkyl halides is 4. The zero-order valence-electron chi connectivity index (χ0n) is 20.5. The molecule has 1 aliphatic heterocycles. The van der Waals surface area contributed by atoms with Gasteiger partial charge in [-0.3, -0.25) is 9.69 Å². The molecule has 1 aliphatic carbocycles. The van der Waals surface area contributed by atoms with Crippen molar-refractivity contribution in [3.05, 3.63) is 64.7 Å². The number of carbonyl (C=O) groups is 1. The van der Waals surface area contributed by atoms with Crippen LogP contribution in [0.4, 0.5) is 17.6 Å². The smallest absolute Gasteiger partial charge is 0.416 e. The third kappa shape index (κ3) is 6.78. The Balaban J connectivity index is 1.45. The van der Waals surface area contributed by atoms with Gasteiger partial charge < -0.3 is 9.47 Å². The quantitative estimate of drug-likeness (QED) is 0.266. The maximum absolute atomic E-state index is 13.6. The molecule has 4 rings (SSSR count). The number of hydrogen-bond donors (Lipinski definition) is 0. The summed E-state index contributed by atoms with van der Waals surface area (Å²) < 4.78 is 65.0. The van der Waals surface area contributed by atoms with Crippen molar-refractivity contribution >= 4 is 5.97 Å². The number of halogens is 4. The number of rotatable bonds is 10. The molecule has 4 nitrogen and oxygen atoms in total. The van der Waals surface area contributed by atoms with Gasteiger partial charge in [0, 0.05) is 12.6 Å². The molecule has 36 heavy (non-hydrogen) atoms. The van der Waals surface area contributed by atoms with Gasteiger partial charge in [0.25, 0.3) is 0 Å². The Morgan fingerprint density at radius 3 is 2.61 bits per heavy atom. The molecule has 2 aromatic carbocycles. The summed E-state index contributed by atoms with van der Waals surface area (Å²) in [5.74, 6) is 1.02. The van der Waals surface area contributed by atoms with Crippen LogP contribution in [-0.4, -0.2) is 37.2 Å². The van der Waals surface area contributed by atoms with Gasteiger partial charge in [-0.05, 0) is 79.0 Å². The summed E-state index contributed by atoms with van der Waals surface area (Å²) in [5, 5.41) is 0. The first-order chi connectivity index (χ1) is 17.3. The molecule has 0 aromatic heterocycles. The van der Waals surface area contributed by atoms with E-state index in [1.165, 1.54) is 19.2 Å². The highest BCUT2D eigenvalue weighted by Gasteiger charge is 2.35. The highest BCUT2D eigenvalue weighted by Crippen LogP contribution is 2.45. The number of likely N-dealkylation sites (tertiary alicyclic amines) is 1. The maximum atomic E-state index is 13.6. The van der Waals surface area contributed by atoms with E-state index in [1.54, 1.807) is 0 Å². The monoisotopic (exact) mass is 507 g/mol. The molecule has 1 saturated carbocycles. The molecule has 0 spiro atoms. The Bertz CT molecular complexity index is 1040. The average molecular weight is 508 g/mol. The van der Waals surface area contributed by atoms with Crippen molar-refractivity contribution in [2.75, 3.05) is 20.3 Å². The molecule has 0 amide bonds. The number of hydrogen-bond acceptors (Lipinski definition) is 4. The standard InChI is InChI=1S/C28H33F4NO3/c1-35-27(34)15-25(20-9-10-20)21-5-4-7-24(14-21)36-18-23-6-2-3-12-33(23)17-22-13-19(16-29)8-11-26(22)28(30,31)32/h4-5,7-8,11,13-14,20,23,25H,2-3,6,9-10,12,15-18H2,1H3/t23?,25-/m0/s1. The van der Waals surface area contributed by atoms with E-state index in [1.807, 2.05) is 29.2 Å². The van der Waals surface area contributed by atoms with Crippen LogP contribution < -0.4 is 4.74 Å². The lowest BCUT2D eigenvalue weighted by atomic mass is 9.91. The highest BCUT2D eigenvalue weighted by atomic mass is 19.4. The molecule has 0 radical (unpaired) electrons. The molecular formula is C28H33F4NO3. The van der Waals surface area contributed by atoms with E-state index >= 15 is 0 Å². The van der Waals surface area contributed by atoms with Crippen LogP contribution in [0.1, 0.15) is 66.7 Å². The van der Waals surface area contributed by atoms with Crippen LogP contribution in [-0.2, 0) is 28.9 Å². The Labute approximate surface area is 209 Å². The fourth-order valence-corrected chi connectivity index (χ4v) is 5.16. The van der Waals surface area contributed by atoms with Crippen LogP contribution in [0.3, 0.4) is 0 Å². The molecule has 2 aliphatic rings. The van der Waals surface area contributed by atoms with Gasteiger partial charge in [0.1, 0.15) is 19.0 Å². The molecule has 0 bridgehead atoms. The van der Waals surface area contributed by atoms with Crippen molar-refractivity contribution < 1.29 is 31.8 Å². The average Bonchev–Trinajstić information content (AvgIpc) is 3.71. The molecule has 2 aromatic rings. The normalized spacial score (nSPS) is 19.6. The minimum absolute atomic E-state index is 0.0492. The second kappa shape index (κ2) is 11.6. The SMILES string of the molecule is COC(=O)C[C@H](c1cccc(OCC2CCCCN2Cc2cc(CF)ccc2C(F)(F)F)c1)C1CC1. The molecule has 8 heteroatoms. The Kier molecular flexibility index (Phi) is 8.54. The minimum atomic E-state index is -4.49. The summed E-state index contributed by atoms with van der Waals surface area (Å²) in [7, 11) is 1.40. The van der Waals surface area contributed by atoms with Gasteiger partial charge in [-0.1, -0.05) is 30.7 Å². The van der Waals surface area contributed by atoms with Crippen LogP contribution in [0.25, 0.3) is 0 Å². The van der Waals surface area contributed by atoms with Gasteiger partial charge in [0.2, 0.25) is 0 Å². The van der Waals surface area contributed by atoms with Gasteiger partial charge >= 0.3 is 12.1 Å². The first-order valence-electron chi connectivity index (χ1n) is 12.6. The number of methoxy groups -OCH3 is 1. The van der Waals surface area contributed by atoms with Crippen molar-refractivity contribution in [3.8, 4) is 5.75 Å². The van der Waals surface area contributed by atoms with Crippen molar-refractivity contribution in [2.45, 2.75) is 69.9 Å². The Morgan fingerprint density at radius 2 is 1.92 bits per heavy atom. The fourth-order valence-electron chi connectivity index (χ4n) is 5.16. The summed E-state index contributed by atoms with van der Waals surface area (Å²) in [6.45, 7) is 0.304. The van der Waals surface area contributed by atoms with Gasteiger partial charge in [0.15, 0.2) is 0 Å². The third-order valence-corrected chi connectivity index (χ3v) is 7.29. The van der Waals surface area contributed by atoms with Crippen molar-refractivity contribution in [1.29, 1.82) is 0 Å². The molecule has 1 saturated heterocycles. The summed E-state index contributed by atoms with van der Waals surface area (Å²) in [4.78, 5) is 13.9. The Morgan fingerprint density at radius 1 is 1.11 bits per heavy atom.